The monoisotopic (exact) mass is 273 g/mol. The van der Waals surface area contributed by atoms with Crippen LogP contribution in [-0.4, -0.2) is 13.6 Å². The number of hydrogen-bond acceptors (Lipinski definition) is 5. The van der Waals surface area contributed by atoms with E-state index in [1.54, 1.807) is 18.2 Å². The first-order valence-electron chi connectivity index (χ1n) is 6.24. The van der Waals surface area contributed by atoms with E-state index in [1.165, 1.54) is 0 Å². The first kappa shape index (κ1) is 12.5. The lowest BCUT2D eigenvalue weighted by Crippen LogP contribution is -2.13. The number of benzene rings is 2. The molecule has 2 N–H and O–H groups in total. The van der Waals surface area contributed by atoms with Crippen molar-refractivity contribution in [3.8, 4) is 23.0 Å². The lowest BCUT2D eigenvalue weighted by atomic mass is 10.2. The van der Waals surface area contributed by atoms with Crippen molar-refractivity contribution in [1.82, 2.24) is 0 Å². The Bertz CT molecular complexity index is 572. The second-order valence-electron chi connectivity index (χ2n) is 4.47. The van der Waals surface area contributed by atoms with Crippen LogP contribution in [0, 0.1) is 6.92 Å². The highest BCUT2D eigenvalue weighted by Gasteiger charge is 2.12. The van der Waals surface area contributed by atoms with Crippen LogP contribution in [0.2, 0.25) is 0 Å². The van der Waals surface area contributed by atoms with Crippen LogP contribution in [0.4, 0.5) is 5.69 Å². The van der Waals surface area contributed by atoms with Gasteiger partial charge in [-0.25, -0.2) is 0 Å². The zero-order valence-electron chi connectivity index (χ0n) is 11.1. The van der Waals surface area contributed by atoms with Crippen molar-refractivity contribution in [3.05, 3.63) is 42.0 Å². The van der Waals surface area contributed by atoms with Crippen molar-refractivity contribution in [2.75, 3.05) is 19.3 Å². The number of anilines is 1. The van der Waals surface area contributed by atoms with Gasteiger partial charge in [-0.15, -0.1) is 0 Å². The minimum atomic E-state index is 0.0548. The molecule has 0 fully saturated rings. The van der Waals surface area contributed by atoms with E-state index in [4.69, 9.17) is 24.7 Å². The van der Waals surface area contributed by atoms with Gasteiger partial charge in [0.05, 0.1) is 0 Å². The number of rotatable bonds is 0. The van der Waals surface area contributed by atoms with Gasteiger partial charge in [-0.05, 0) is 36.8 Å². The third-order valence-electron chi connectivity index (χ3n) is 2.92. The Morgan fingerprint density at radius 1 is 0.750 bits per heavy atom. The fourth-order valence-electron chi connectivity index (χ4n) is 1.92. The third-order valence-corrected chi connectivity index (χ3v) is 2.92. The molecule has 5 heteroatoms. The van der Waals surface area contributed by atoms with Crippen LogP contribution in [0.3, 0.4) is 0 Å². The van der Waals surface area contributed by atoms with Crippen molar-refractivity contribution in [2.24, 2.45) is 0 Å². The molecule has 1 heterocycles. The van der Waals surface area contributed by atoms with Crippen LogP contribution in [0.5, 0.6) is 23.0 Å². The number of fused-ring (bicyclic) bond motifs is 2. The second-order valence-corrected chi connectivity index (χ2v) is 4.47. The number of hydrogen-bond donors (Lipinski definition) is 1. The van der Waals surface area contributed by atoms with Crippen molar-refractivity contribution in [2.45, 2.75) is 6.92 Å². The predicted molar refractivity (Wildman–Crippen MR) is 74.3 cm³/mol. The summed E-state index contributed by atoms with van der Waals surface area (Å²) in [5.74, 6) is 2.35. The summed E-state index contributed by atoms with van der Waals surface area (Å²) in [6.45, 7) is 2.11. The molecule has 2 aromatic rings. The third kappa shape index (κ3) is 2.56. The fraction of sp³-hybridized carbons (Fsp3) is 0.200. The van der Waals surface area contributed by atoms with Gasteiger partial charge in [0.2, 0.25) is 13.6 Å². The largest absolute Gasteiger partial charge is 0.454 e. The van der Waals surface area contributed by atoms with E-state index in [1.807, 2.05) is 25.1 Å². The predicted octanol–water partition coefficient (Wildman–Crippen LogP) is 2.72. The molecule has 0 saturated carbocycles. The van der Waals surface area contributed by atoms with E-state index in [0.29, 0.717) is 28.7 Å². The molecule has 2 aromatic carbocycles. The van der Waals surface area contributed by atoms with Crippen LogP contribution in [-0.2, 0) is 0 Å². The van der Waals surface area contributed by atoms with E-state index in [2.05, 4.69) is 0 Å². The zero-order chi connectivity index (χ0) is 13.9. The van der Waals surface area contributed by atoms with Gasteiger partial charge >= 0.3 is 0 Å². The summed E-state index contributed by atoms with van der Waals surface area (Å²) in [5.41, 5.74) is 7.41. The van der Waals surface area contributed by atoms with Crippen LogP contribution >= 0.6 is 0 Å². The summed E-state index contributed by atoms with van der Waals surface area (Å²) in [6.07, 6.45) is 0. The Morgan fingerprint density at radius 3 is 2.00 bits per heavy atom. The first-order valence-corrected chi connectivity index (χ1v) is 6.24. The summed E-state index contributed by atoms with van der Waals surface area (Å²) >= 11 is 0. The summed E-state index contributed by atoms with van der Waals surface area (Å²) in [7, 11) is 0. The van der Waals surface area contributed by atoms with Gasteiger partial charge in [-0.2, -0.15) is 0 Å². The van der Waals surface area contributed by atoms with E-state index < -0.39 is 0 Å². The zero-order valence-corrected chi connectivity index (χ0v) is 11.1. The lowest BCUT2D eigenvalue weighted by Gasteiger charge is -2.18. The van der Waals surface area contributed by atoms with E-state index in [0.717, 1.165) is 5.56 Å². The lowest BCUT2D eigenvalue weighted by molar-refractivity contribution is 0.0723. The Balaban J connectivity index is 1.86. The highest BCUT2D eigenvalue weighted by Crippen LogP contribution is 2.33. The van der Waals surface area contributed by atoms with Crippen LogP contribution in [0.15, 0.2) is 36.4 Å². The maximum absolute atomic E-state index is 5.73. The summed E-state index contributed by atoms with van der Waals surface area (Å²) < 4.78 is 22.3. The Labute approximate surface area is 116 Å². The molecule has 0 unspecified atom stereocenters. The quantitative estimate of drug-likeness (QED) is 0.748. The molecule has 104 valence electrons. The standard InChI is InChI=1S/C15H15NO4/c1-10-2-4-12-14(6-10)19-8-18-13-5-3-11(16)7-15(13)20-9-17-12/h2-7H,8-9,16H2,1H3. The van der Waals surface area contributed by atoms with Crippen molar-refractivity contribution >= 4 is 5.69 Å². The molecule has 1 aliphatic heterocycles. The molecule has 0 atom stereocenters. The molecular weight excluding hydrogens is 258 g/mol. The maximum atomic E-state index is 5.73. The van der Waals surface area contributed by atoms with Crippen molar-refractivity contribution < 1.29 is 18.9 Å². The van der Waals surface area contributed by atoms with Crippen LogP contribution < -0.4 is 24.7 Å². The molecule has 0 bridgehead atoms. The summed E-state index contributed by atoms with van der Waals surface area (Å²) in [6, 6.07) is 10.9. The molecule has 0 aliphatic carbocycles. The van der Waals surface area contributed by atoms with Crippen molar-refractivity contribution in [3.63, 3.8) is 0 Å². The van der Waals surface area contributed by atoms with Gasteiger partial charge in [0.1, 0.15) is 0 Å². The normalized spacial score (nSPS) is 13.7. The maximum Gasteiger partial charge on any atom is 0.231 e. The topological polar surface area (TPSA) is 62.9 Å². The van der Waals surface area contributed by atoms with E-state index in [9.17, 15) is 0 Å². The minimum absolute atomic E-state index is 0.0548. The minimum Gasteiger partial charge on any atom is -0.454 e. The first-order chi connectivity index (χ1) is 9.72. The highest BCUT2D eigenvalue weighted by molar-refractivity contribution is 5.52. The summed E-state index contributed by atoms with van der Waals surface area (Å²) in [4.78, 5) is 0. The van der Waals surface area contributed by atoms with Gasteiger partial charge in [0.15, 0.2) is 23.0 Å². The van der Waals surface area contributed by atoms with Crippen molar-refractivity contribution in [1.29, 1.82) is 0 Å². The van der Waals surface area contributed by atoms with E-state index >= 15 is 0 Å². The molecule has 0 radical (unpaired) electrons. The van der Waals surface area contributed by atoms with Crippen LogP contribution in [0.25, 0.3) is 0 Å². The highest BCUT2D eigenvalue weighted by atomic mass is 16.7. The van der Waals surface area contributed by atoms with Gasteiger partial charge in [-0.1, -0.05) is 6.07 Å². The van der Waals surface area contributed by atoms with E-state index in [-0.39, 0.29) is 13.6 Å². The fourth-order valence-corrected chi connectivity index (χ4v) is 1.92. The van der Waals surface area contributed by atoms with Crippen LogP contribution in [0.1, 0.15) is 5.56 Å². The molecule has 0 spiro atoms. The molecule has 0 amide bonds. The SMILES string of the molecule is Cc1ccc2c(c1)OCOc1ccc(N)cc1OCO2. The average molecular weight is 273 g/mol. The molecule has 5 nitrogen and oxygen atoms in total. The van der Waals surface area contributed by atoms with Gasteiger partial charge in [-0.3, -0.25) is 0 Å². The average Bonchev–Trinajstić information content (AvgIpc) is 2.43. The molecular formula is C15H15NO4. The summed E-state index contributed by atoms with van der Waals surface area (Å²) in [5, 5.41) is 0. The number of aryl methyl sites for hydroxylation is 1. The number of nitrogen functional groups attached to an aromatic ring is 1. The smallest absolute Gasteiger partial charge is 0.231 e. The van der Waals surface area contributed by atoms with Gasteiger partial charge in [0, 0.05) is 11.8 Å². The molecule has 0 saturated heterocycles. The number of ether oxygens (including phenoxy) is 4. The molecule has 3 rings (SSSR count). The Kier molecular flexibility index (Phi) is 3.25. The van der Waals surface area contributed by atoms with Gasteiger partial charge < -0.3 is 24.7 Å². The Morgan fingerprint density at radius 2 is 1.30 bits per heavy atom. The molecule has 20 heavy (non-hydrogen) atoms. The number of nitrogens with two attached hydrogens (primary N) is 1. The Hall–Kier alpha value is -2.56. The molecule has 0 aromatic heterocycles. The second kappa shape index (κ2) is 5.21. The molecule has 1 aliphatic rings. The van der Waals surface area contributed by atoms with Gasteiger partial charge in [0.25, 0.3) is 0 Å².